The second-order valence-electron chi connectivity index (χ2n) is 21.8. The maximum Gasteiger partial charge on any atom is 0.343 e. The van der Waals surface area contributed by atoms with Gasteiger partial charge in [0.2, 0.25) is 23.6 Å². The van der Waals surface area contributed by atoms with Gasteiger partial charge in [0.1, 0.15) is 18.2 Å². The molecule has 0 fully saturated rings. The highest BCUT2D eigenvalue weighted by Gasteiger charge is 2.46. The number of halogens is 1. The second-order valence-corrected chi connectivity index (χ2v) is 21.8. The first-order valence-electron chi connectivity index (χ1n) is 28.5. The average molecular weight is 1160 g/mol. The van der Waals surface area contributed by atoms with E-state index in [4.69, 9.17) is 9.72 Å². The SMILES string of the molecule is CC[C@@]1(O)C(=O)OCc2c1cc1n(c2=O)Cc2c-1nc1cc(F)c(C)c3c1c2[C@@H](NC(=O)CCCNC(=O)CCC(=O)[C@H](Cc1ccccc1)NC(=O)CCC(=O)CNC(=O)[C@H](CCC(=O)O)CC(=O)CCCCCN1C(=O)C=CC1=O)CC3. The van der Waals surface area contributed by atoms with Gasteiger partial charge in [-0.05, 0) is 86.6 Å². The summed E-state index contributed by atoms with van der Waals surface area (Å²) in [4.78, 5) is 160. The fourth-order valence-electron chi connectivity index (χ4n) is 11.4. The van der Waals surface area contributed by atoms with Gasteiger partial charge in [-0.1, -0.05) is 43.7 Å². The fourth-order valence-corrected chi connectivity index (χ4v) is 11.4. The van der Waals surface area contributed by atoms with Crippen molar-refractivity contribution in [1.29, 1.82) is 0 Å². The Labute approximate surface area is 482 Å². The number of carbonyl (C=O) groups excluding carboxylic acids is 10. The predicted octanol–water partition coefficient (Wildman–Crippen LogP) is 3.99. The molecule has 6 amide bonds. The van der Waals surface area contributed by atoms with E-state index < -0.39 is 101 Å². The normalized spacial score (nSPS) is 17.2. The molecule has 4 atom stereocenters. The van der Waals surface area contributed by atoms with E-state index in [2.05, 4.69) is 21.3 Å². The molecular formula is C61H68FN7O15. The van der Waals surface area contributed by atoms with Crippen LogP contribution in [0.5, 0.6) is 0 Å². The monoisotopic (exact) mass is 1160 g/mol. The number of carboxylic acid groups (broad SMARTS) is 1. The summed E-state index contributed by atoms with van der Waals surface area (Å²) in [6, 6.07) is 10.1. The maximum atomic E-state index is 15.4. The summed E-state index contributed by atoms with van der Waals surface area (Å²) in [6.45, 7) is 2.85. The Kier molecular flexibility index (Phi) is 19.9. The Bertz CT molecular complexity index is 3410. The molecule has 8 rings (SSSR count). The number of esters is 1. The van der Waals surface area contributed by atoms with Crippen LogP contribution in [-0.2, 0) is 89.1 Å². The Morgan fingerprint density at radius 1 is 0.821 bits per heavy atom. The van der Waals surface area contributed by atoms with Crippen molar-refractivity contribution in [2.75, 3.05) is 19.6 Å². The van der Waals surface area contributed by atoms with Crippen LogP contribution in [0.25, 0.3) is 22.3 Å². The number of benzene rings is 2. The van der Waals surface area contributed by atoms with Crippen molar-refractivity contribution in [2.45, 2.75) is 154 Å². The number of fused-ring (bicyclic) bond motifs is 5. The van der Waals surface area contributed by atoms with Crippen LogP contribution in [0.2, 0.25) is 0 Å². The molecule has 4 aromatic rings. The minimum absolute atomic E-state index is 0.00318. The number of carbonyl (C=O) groups is 11. The van der Waals surface area contributed by atoms with Crippen LogP contribution in [0, 0.1) is 18.7 Å². The van der Waals surface area contributed by atoms with Crippen LogP contribution in [0.3, 0.4) is 0 Å². The van der Waals surface area contributed by atoms with Crippen LogP contribution in [0.15, 0.2) is 59.4 Å². The van der Waals surface area contributed by atoms with Crippen molar-refractivity contribution in [3.8, 4) is 11.4 Å². The topological polar surface area (TPSA) is 324 Å². The lowest BCUT2D eigenvalue weighted by atomic mass is 9.81. The van der Waals surface area contributed by atoms with E-state index >= 15 is 4.39 Å². The smallest absolute Gasteiger partial charge is 0.343 e. The van der Waals surface area contributed by atoms with Crippen molar-refractivity contribution >= 4 is 75.6 Å². The number of aliphatic hydroxyl groups is 1. The van der Waals surface area contributed by atoms with Gasteiger partial charge in [-0.2, -0.15) is 0 Å². The van der Waals surface area contributed by atoms with Gasteiger partial charge in [0.25, 0.3) is 17.4 Å². The van der Waals surface area contributed by atoms with Gasteiger partial charge in [-0.3, -0.25) is 57.6 Å². The zero-order valence-electron chi connectivity index (χ0n) is 46.9. The lowest BCUT2D eigenvalue weighted by Gasteiger charge is -2.31. The Balaban J connectivity index is 0.796. The van der Waals surface area contributed by atoms with Gasteiger partial charge in [-0.25, -0.2) is 14.2 Å². The molecule has 4 aliphatic rings. The van der Waals surface area contributed by atoms with Gasteiger partial charge in [0, 0.05) is 105 Å². The first kappa shape index (κ1) is 61.5. The van der Waals surface area contributed by atoms with Crippen molar-refractivity contribution in [3.63, 3.8) is 0 Å². The fraction of sp³-hybridized carbons (Fsp3) is 0.459. The summed E-state index contributed by atoms with van der Waals surface area (Å²) >= 11 is 0. The quantitative estimate of drug-likeness (QED) is 0.0215. The van der Waals surface area contributed by atoms with Crippen LogP contribution in [-0.4, -0.2) is 115 Å². The molecule has 6 N–H and O–H groups in total. The summed E-state index contributed by atoms with van der Waals surface area (Å²) in [5.41, 5.74) is 2.09. The number of aliphatic carboxylic acids is 1. The maximum absolute atomic E-state index is 15.4. The molecule has 0 unspecified atom stereocenters. The van der Waals surface area contributed by atoms with E-state index in [1.807, 2.05) is 0 Å². The van der Waals surface area contributed by atoms with Gasteiger partial charge >= 0.3 is 11.9 Å². The number of unbranched alkanes of at least 4 members (excludes halogenated alkanes) is 2. The van der Waals surface area contributed by atoms with E-state index in [0.29, 0.717) is 71.1 Å². The molecule has 2 aromatic heterocycles. The molecule has 22 nitrogen and oxygen atoms in total. The summed E-state index contributed by atoms with van der Waals surface area (Å²) in [5, 5.41) is 32.3. The summed E-state index contributed by atoms with van der Waals surface area (Å²) in [6.07, 6.45) is 3.05. The molecule has 0 saturated carbocycles. The van der Waals surface area contributed by atoms with E-state index in [9.17, 15) is 67.7 Å². The Morgan fingerprint density at radius 2 is 1.56 bits per heavy atom. The molecular weight excluding hydrogens is 1090 g/mol. The molecule has 2 aromatic carbocycles. The number of ketones is 3. The largest absolute Gasteiger partial charge is 0.481 e. The van der Waals surface area contributed by atoms with Crippen LogP contribution < -0.4 is 26.8 Å². The third kappa shape index (κ3) is 14.2. The second kappa shape index (κ2) is 27.2. The molecule has 84 heavy (non-hydrogen) atoms. The van der Waals surface area contributed by atoms with Gasteiger partial charge in [0.15, 0.2) is 17.2 Å². The Hall–Kier alpha value is -8.60. The van der Waals surface area contributed by atoms with E-state index in [0.717, 1.165) is 16.0 Å². The van der Waals surface area contributed by atoms with Crippen LogP contribution in [0.1, 0.15) is 148 Å². The van der Waals surface area contributed by atoms with Gasteiger partial charge < -0.3 is 40.8 Å². The van der Waals surface area contributed by atoms with Crippen molar-refractivity contribution < 1.29 is 72.1 Å². The highest BCUT2D eigenvalue weighted by Crippen LogP contribution is 2.46. The summed E-state index contributed by atoms with van der Waals surface area (Å²) in [5.74, 6) is -7.72. The van der Waals surface area contributed by atoms with Crippen molar-refractivity contribution in [1.82, 2.24) is 35.7 Å². The summed E-state index contributed by atoms with van der Waals surface area (Å²) in [7, 11) is 0. The lowest BCUT2D eigenvalue weighted by molar-refractivity contribution is -0.172. The third-order valence-corrected chi connectivity index (χ3v) is 16.1. The van der Waals surface area contributed by atoms with Crippen LogP contribution in [0.4, 0.5) is 4.39 Å². The van der Waals surface area contributed by atoms with Crippen LogP contribution >= 0.6 is 0 Å². The average Bonchev–Trinajstić information content (AvgIpc) is 1.50. The highest BCUT2D eigenvalue weighted by molar-refractivity contribution is 6.12. The molecule has 5 heterocycles. The standard InChI is InChI=1S/C61H68FN7O15/c1-3-61(83)42-29-47-57-40(32-69(47)59(81)41(42)33-84-60(61)82)56-44(18-17-39-34(2)43(62)30-46(67-57)55(39)56)65-50(74)14-10-25-63-49(73)21-19-48(72)45(27-35-11-6-4-7-12-35)66-51(75)20-16-38(71)31-64-58(80)36(15-24-54(78)79)28-37(70)13-8-5-9-26-68-52(76)22-23-53(68)77/h4,6-7,11-12,22-23,29-30,36,44-45,83H,3,5,8-10,13-21,24-28,31-33H2,1-2H3,(H,63,73)(H,64,80)(H,65,74)(H,66,75)(H,78,79)/t36-,44+,45+,61+/m1/s1. The highest BCUT2D eigenvalue weighted by atomic mass is 19.1. The van der Waals surface area contributed by atoms with E-state index in [-0.39, 0.29) is 120 Å². The first-order valence-corrected chi connectivity index (χ1v) is 28.5. The molecule has 0 saturated heterocycles. The minimum atomic E-state index is -2.05. The molecule has 1 aliphatic carbocycles. The molecule has 0 bridgehead atoms. The van der Waals surface area contributed by atoms with E-state index in [1.165, 1.54) is 22.8 Å². The predicted molar refractivity (Wildman–Crippen MR) is 299 cm³/mol. The number of hydrogen-bond donors (Lipinski definition) is 6. The number of imide groups is 1. The van der Waals surface area contributed by atoms with Crippen molar-refractivity contribution in [3.05, 3.63) is 110 Å². The summed E-state index contributed by atoms with van der Waals surface area (Å²) < 4.78 is 22.1. The number of nitrogens with one attached hydrogen (secondary N) is 4. The number of carboxylic acids is 1. The van der Waals surface area contributed by atoms with Crippen molar-refractivity contribution in [2.24, 2.45) is 5.92 Å². The number of cyclic esters (lactones) is 1. The number of nitrogens with zero attached hydrogens (tertiary/aromatic N) is 3. The number of Topliss-reactive ketones (excluding diaryl/α,β-unsaturated/α-hetero) is 3. The molecule has 0 spiro atoms. The number of amides is 6. The zero-order valence-corrected chi connectivity index (χ0v) is 46.9. The van der Waals surface area contributed by atoms with Gasteiger partial charge in [-0.15, -0.1) is 0 Å². The number of ether oxygens (including phenoxy) is 1. The molecule has 23 heteroatoms. The molecule has 444 valence electrons. The molecule has 0 radical (unpaired) electrons. The van der Waals surface area contributed by atoms with E-state index in [1.54, 1.807) is 50.2 Å². The Morgan fingerprint density at radius 3 is 2.29 bits per heavy atom. The zero-order chi connectivity index (χ0) is 60.4. The van der Waals surface area contributed by atoms with Gasteiger partial charge in [0.05, 0.1) is 47.6 Å². The number of rotatable bonds is 30. The number of pyridine rings is 2. The third-order valence-electron chi connectivity index (χ3n) is 16.1. The lowest BCUT2D eigenvalue weighted by Crippen LogP contribution is -2.44. The number of aryl methyl sites for hydroxylation is 1. The number of aromatic nitrogens is 2. The molecule has 3 aliphatic heterocycles. The first-order chi connectivity index (χ1) is 40.2. The number of hydrogen-bond acceptors (Lipinski definition) is 15. The minimum Gasteiger partial charge on any atom is -0.481 e.